The molecular weight excluding hydrogens is 389 g/mol. The standard InChI is InChI=1S/C16H23N5.HI/c1-16(2,3)19-15(17-4)18-12-13-10-11-21(20-13)14-8-6-5-7-9-14;/h5-11H,12H2,1-4H3,(H2,17,18,19);1H. The lowest BCUT2D eigenvalue weighted by atomic mass is 10.1. The lowest BCUT2D eigenvalue weighted by Crippen LogP contribution is -2.47. The number of rotatable bonds is 3. The van der Waals surface area contributed by atoms with E-state index in [4.69, 9.17) is 0 Å². The van der Waals surface area contributed by atoms with Crippen molar-refractivity contribution in [2.24, 2.45) is 4.99 Å². The van der Waals surface area contributed by atoms with Gasteiger partial charge in [-0.2, -0.15) is 5.10 Å². The Kier molecular flexibility index (Phi) is 6.86. The van der Waals surface area contributed by atoms with Crippen LogP contribution in [-0.2, 0) is 6.54 Å². The molecule has 2 aromatic rings. The Balaban J connectivity index is 0.00000242. The quantitative estimate of drug-likeness (QED) is 0.462. The number of hydrogen-bond acceptors (Lipinski definition) is 2. The summed E-state index contributed by atoms with van der Waals surface area (Å²) >= 11 is 0. The van der Waals surface area contributed by atoms with E-state index in [0.717, 1.165) is 17.3 Å². The van der Waals surface area contributed by atoms with Crippen LogP contribution in [0.4, 0.5) is 0 Å². The minimum Gasteiger partial charge on any atom is -0.352 e. The molecule has 0 aliphatic rings. The number of aliphatic imine (C=N–C) groups is 1. The molecule has 2 rings (SSSR count). The Labute approximate surface area is 149 Å². The molecule has 0 aliphatic heterocycles. The second-order valence-corrected chi connectivity index (χ2v) is 5.89. The third kappa shape index (κ3) is 5.67. The third-order valence-electron chi connectivity index (χ3n) is 2.82. The molecule has 6 heteroatoms. The summed E-state index contributed by atoms with van der Waals surface area (Å²) < 4.78 is 1.87. The van der Waals surface area contributed by atoms with Crippen molar-refractivity contribution in [2.75, 3.05) is 7.05 Å². The van der Waals surface area contributed by atoms with Crippen molar-refractivity contribution >= 4 is 29.9 Å². The molecule has 1 aromatic heterocycles. The molecule has 0 unspecified atom stereocenters. The lowest BCUT2D eigenvalue weighted by molar-refractivity contribution is 0.501. The Morgan fingerprint density at radius 2 is 1.86 bits per heavy atom. The second kappa shape index (κ2) is 8.17. The molecule has 0 spiro atoms. The minimum atomic E-state index is -0.0226. The van der Waals surface area contributed by atoms with Gasteiger partial charge in [0.15, 0.2) is 5.96 Å². The summed E-state index contributed by atoms with van der Waals surface area (Å²) in [7, 11) is 1.77. The number of para-hydroxylation sites is 1. The number of nitrogens with one attached hydrogen (secondary N) is 2. The molecule has 0 saturated heterocycles. The van der Waals surface area contributed by atoms with Crippen LogP contribution in [-0.4, -0.2) is 28.3 Å². The Morgan fingerprint density at radius 1 is 1.18 bits per heavy atom. The molecule has 2 N–H and O–H groups in total. The van der Waals surface area contributed by atoms with Crippen molar-refractivity contribution in [2.45, 2.75) is 32.9 Å². The van der Waals surface area contributed by atoms with E-state index in [0.29, 0.717) is 6.54 Å². The van der Waals surface area contributed by atoms with Gasteiger partial charge in [0, 0.05) is 18.8 Å². The smallest absolute Gasteiger partial charge is 0.191 e. The van der Waals surface area contributed by atoms with Gasteiger partial charge in [-0.05, 0) is 39.0 Å². The molecular formula is C16H24IN5. The van der Waals surface area contributed by atoms with E-state index >= 15 is 0 Å². The molecule has 22 heavy (non-hydrogen) atoms. The zero-order chi connectivity index (χ0) is 15.3. The van der Waals surface area contributed by atoms with E-state index in [2.05, 4.69) is 41.5 Å². The largest absolute Gasteiger partial charge is 0.352 e. The second-order valence-electron chi connectivity index (χ2n) is 5.89. The molecule has 5 nitrogen and oxygen atoms in total. The summed E-state index contributed by atoms with van der Waals surface area (Å²) in [5.74, 6) is 0.775. The van der Waals surface area contributed by atoms with Crippen LogP contribution in [0, 0.1) is 0 Å². The zero-order valence-corrected chi connectivity index (χ0v) is 15.8. The van der Waals surface area contributed by atoms with Crippen LogP contribution in [0.25, 0.3) is 5.69 Å². The van der Waals surface area contributed by atoms with Crippen LogP contribution in [0.5, 0.6) is 0 Å². The normalized spacial score (nSPS) is 11.7. The summed E-state index contributed by atoms with van der Waals surface area (Å²) in [6.07, 6.45) is 1.96. The van der Waals surface area contributed by atoms with Crippen LogP contribution in [0.2, 0.25) is 0 Å². The van der Waals surface area contributed by atoms with Crippen molar-refractivity contribution in [3.05, 3.63) is 48.3 Å². The maximum absolute atomic E-state index is 4.55. The fourth-order valence-electron chi connectivity index (χ4n) is 1.89. The molecule has 0 fully saturated rings. The monoisotopic (exact) mass is 413 g/mol. The molecule has 0 amide bonds. The van der Waals surface area contributed by atoms with Gasteiger partial charge in [0.05, 0.1) is 17.9 Å². The summed E-state index contributed by atoms with van der Waals surface area (Å²) in [5.41, 5.74) is 2.00. The Bertz CT molecular complexity index is 598. The van der Waals surface area contributed by atoms with Crippen LogP contribution >= 0.6 is 24.0 Å². The van der Waals surface area contributed by atoms with Crippen LogP contribution in [0.3, 0.4) is 0 Å². The maximum Gasteiger partial charge on any atom is 0.191 e. The molecule has 1 aromatic carbocycles. The molecule has 0 bridgehead atoms. The first-order chi connectivity index (χ1) is 9.98. The fraction of sp³-hybridized carbons (Fsp3) is 0.375. The number of aromatic nitrogens is 2. The van der Waals surface area contributed by atoms with Crippen molar-refractivity contribution < 1.29 is 0 Å². The number of hydrogen-bond donors (Lipinski definition) is 2. The van der Waals surface area contributed by atoms with Gasteiger partial charge in [0.1, 0.15) is 0 Å². The van der Waals surface area contributed by atoms with Crippen LogP contribution in [0.1, 0.15) is 26.5 Å². The highest BCUT2D eigenvalue weighted by molar-refractivity contribution is 14.0. The van der Waals surface area contributed by atoms with Crippen molar-refractivity contribution in [3.8, 4) is 5.69 Å². The van der Waals surface area contributed by atoms with E-state index in [-0.39, 0.29) is 29.5 Å². The summed E-state index contributed by atoms with van der Waals surface area (Å²) in [5, 5.41) is 11.1. The average Bonchev–Trinajstić information content (AvgIpc) is 2.92. The lowest BCUT2D eigenvalue weighted by Gasteiger charge is -2.23. The zero-order valence-electron chi connectivity index (χ0n) is 13.5. The van der Waals surface area contributed by atoms with Gasteiger partial charge >= 0.3 is 0 Å². The molecule has 0 saturated carbocycles. The SMILES string of the molecule is CN=C(NCc1ccn(-c2ccccc2)n1)NC(C)(C)C.I. The van der Waals surface area contributed by atoms with Gasteiger partial charge in [-0.25, -0.2) is 4.68 Å². The highest BCUT2D eigenvalue weighted by Crippen LogP contribution is 2.06. The fourth-order valence-corrected chi connectivity index (χ4v) is 1.89. The van der Waals surface area contributed by atoms with Gasteiger partial charge in [0.25, 0.3) is 0 Å². The number of benzene rings is 1. The maximum atomic E-state index is 4.55. The van der Waals surface area contributed by atoms with E-state index in [1.54, 1.807) is 7.05 Å². The van der Waals surface area contributed by atoms with Gasteiger partial charge < -0.3 is 10.6 Å². The van der Waals surface area contributed by atoms with Crippen LogP contribution in [0.15, 0.2) is 47.6 Å². The highest BCUT2D eigenvalue weighted by atomic mass is 127. The van der Waals surface area contributed by atoms with Gasteiger partial charge in [-0.1, -0.05) is 18.2 Å². The van der Waals surface area contributed by atoms with E-state index in [1.807, 2.05) is 47.3 Å². The van der Waals surface area contributed by atoms with E-state index in [9.17, 15) is 0 Å². The molecule has 0 radical (unpaired) electrons. The predicted octanol–water partition coefficient (Wildman–Crippen LogP) is 2.95. The molecule has 120 valence electrons. The van der Waals surface area contributed by atoms with Crippen LogP contribution < -0.4 is 10.6 Å². The minimum absolute atomic E-state index is 0. The number of guanidine groups is 1. The average molecular weight is 413 g/mol. The van der Waals surface area contributed by atoms with Crippen molar-refractivity contribution in [1.29, 1.82) is 0 Å². The number of halogens is 1. The third-order valence-corrected chi connectivity index (χ3v) is 2.82. The van der Waals surface area contributed by atoms with Gasteiger partial charge in [0.2, 0.25) is 0 Å². The first kappa shape index (κ1) is 18.5. The van der Waals surface area contributed by atoms with Crippen molar-refractivity contribution in [3.63, 3.8) is 0 Å². The Morgan fingerprint density at radius 3 is 2.45 bits per heavy atom. The summed E-state index contributed by atoms with van der Waals surface area (Å²) in [6, 6.07) is 12.1. The predicted molar refractivity (Wildman–Crippen MR) is 102 cm³/mol. The highest BCUT2D eigenvalue weighted by Gasteiger charge is 2.11. The van der Waals surface area contributed by atoms with E-state index in [1.165, 1.54) is 0 Å². The first-order valence-corrected chi connectivity index (χ1v) is 7.07. The van der Waals surface area contributed by atoms with Crippen molar-refractivity contribution in [1.82, 2.24) is 20.4 Å². The summed E-state index contributed by atoms with van der Waals surface area (Å²) in [4.78, 5) is 4.21. The van der Waals surface area contributed by atoms with Gasteiger partial charge in [-0.3, -0.25) is 4.99 Å². The Hall–Kier alpha value is -1.57. The van der Waals surface area contributed by atoms with Gasteiger partial charge in [-0.15, -0.1) is 24.0 Å². The first-order valence-electron chi connectivity index (χ1n) is 7.07. The van der Waals surface area contributed by atoms with E-state index < -0.39 is 0 Å². The molecule has 1 heterocycles. The molecule has 0 atom stereocenters. The molecule has 0 aliphatic carbocycles. The summed E-state index contributed by atoms with van der Waals surface area (Å²) in [6.45, 7) is 6.94. The number of nitrogens with zero attached hydrogens (tertiary/aromatic N) is 3. The topological polar surface area (TPSA) is 54.2 Å².